The molecule has 0 amide bonds. The molecule has 23 heavy (non-hydrogen) atoms. The first-order chi connectivity index (χ1) is 10.8. The summed E-state index contributed by atoms with van der Waals surface area (Å²) in [6, 6.07) is 12.8. The van der Waals surface area contributed by atoms with E-state index in [1.807, 2.05) is 30.3 Å². The van der Waals surface area contributed by atoms with E-state index in [-0.39, 0.29) is 5.41 Å². The standard InChI is InChI=1S/C18H24N2O2S/c1-4-18(2,3)15-8-10-17(11-9-15)23(21,22)20-14-12-16-7-5-6-13-19-16/h5-11,13,20H,4,12,14H2,1-3H3. The Balaban J connectivity index is 2.02. The molecule has 1 N–H and O–H groups in total. The third kappa shape index (κ3) is 4.62. The van der Waals surface area contributed by atoms with Crippen molar-refractivity contribution in [2.24, 2.45) is 0 Å². The lowest BCUT2D eigenvalue weighted by atomic mass is 9.82. The van der Waals surface area contributed by atoms with Gasteiger partial charge < -0.3 is 0 Å². The number of sulfonamides is 1. The SMILES string of the molecule is CCC(C)(C)c1ccc(S(=O)(=O)NCCc2ccccn2)cc1. The predicted molar refractivity (Wildman–Crippen MR) is 92.9 cm³/mol. The summed E-state index contributed by atoms with van der Waals surface area (Å²) in [5.41, 5.74) is 2.07. The summed E-state index contributed by atoms with van der Waals surface area (Å²) in [6.45, 7) is 6.77. The summed E-state index contributed by atoms with van der Waals surface area (Å²) in [6.07, 6.45) is 3.28. The summed E-state index contributed by atoms with van der Waals surface area (Å²) in [7, 11) is -3.48. The van der Waals surface area contributed by atoms with E-state index in [2.05, 4.69) is 30.5 Å². The Morgan fingerprint density at radius 3 is 2.35 bits per heavy atom. The summed E-state index contributed by atoms with van der Waals surface area (Å²) in [4.78, 5) is 4.48. The molecule has 1 heterocycles. The molecule has 124 valence electrons. The lowest BCUT2D eigenvalue weighted by Crippen LogP contribution is -2.26. The van der Waals surface area contributed by atoms with Gasteiger partial charge in [-0.2, -0.15) is 0 Å². The van der Waals surface area contributed by atoms with Gasteiger partial charge in [-0.05, 0) is 41.7 Å². The highest BCUT2D eigenvalue weighted by atomic mass is 32.2. The zero-order chi connectivity index (χ0) is 16.9. The number of nitrogens with one attached hydrogen (secondary N) is 1. The van der Waals surface area contributed by atoms with E-state index < -0.39 is 10.0 Å². The van der Waals surface area contributed by atoms with Crippen molar-refractivity contribution in [2.75, 3.05) is 6.54 Å². The molecule has 0 saturated carbocycles. The average Bonchev–Trinajstić information content (AvgIpc) is 2.56. The first kappa shape index (κ1) is 17.6. The fraction of sp³-hybridized carbons (Fsp3) is 0.389. The molecule has 0 radical (unpaired) electrons. The number of hydrogen-bond acceptors (Lipinski definition) is 3. The number of rotatable bonds is 7. The smallest absolute Gasteiger partial charge is 0.240 e. The van der Waals surface area contributed by atoms with Crippen molar-refractivity contribution in [3.05, 3.63) is 59.9 Å². The van der Waals surface area contributed by atoms with Crippen molar-refractivity contribution in [1.29, 1.82) is 0 Å². The van der Waals surface area contributed by atoms with Gasteiger partial charge in [0, 0.05) is 24.9 Å². The van der Waals surface area contributed by atoms with E-state index in [9.17, 15) is 8.42 Å². The molecule has 5 heteroatoms. The second-order valence-corrected chi connectivity index (χ2v) is 8.00. The maximum absolute atomic E-state index is 12.3. The second-order valence-electron chi connectivity index (χ2n) is 6.23. The number of nitrogens with zero attached hydrogens (tertiary/aromatic N) is 1. The number of aromatic nitrogens is 1. The van der Waals surface area contributed by atoms with Crippen LogP contribution in [0.2, 0.25) is 0 Å². The topological polar surface area (TPSA) is 59.1 Å². The average molecular weight is 332 g/mol. The molecule has 0 bridgehead atoms. The van der Waals surface area contributed by atoms with Crippen LogP contribution >= 0.6 is 0 Å². The molecule has 1 aromatic carbocycles. The molecule has 2 rings (SSSR count). The van der Waals surface area contributed by atoms with Gasteiger partial charge in [0.1, 0.15) is 0 Å². The summed E-state index contributed by atoms with van der Waals surface area (Å²) < 4.78 is 27.3. The van der Waals surface area contributed by atoms with Gasteiger partial charge in [-0.25, -0.2) is 13.1 Å². The second kappa shape index (κ2) is 7.23. The minimum atomic E-state index is -3.48. The van der Waals surface area contributed by atoms with E-state index >= 15 is 0 Å². The van der Waals surface area contributed by atoms with Crippen molar-refractivity contribution in [1.82, 2.24) is 9.71 Å². The minimum absolute atomic E-state index is 0.0503. The van der Waals surface area contributed by atoms with Gasteiger partial charge in [0.15, 0.2) is 0 Å². The van der Waals surface area contributed by atoms with Gasteiger partial charge in [0.25, 0.3) is 0 Å². The molecule has 0 saturated heterocycles. The molecule has 1 aromatic heterocycles. The molecule has 2 aromatic rings. The van der Waals surface area contributed by atoms with Crippen LogP contribution in [0.4, 0.5) is 0 Å². The maximum atomic E-state index is 12.3. The highest BCUT2D eigenvalue weighted by Gasteiger charge is 2.19. The fourth-order valence-corrected chi connectivity index (χ4v) is 3.26. The van der Waals surface area contributed by atoms with Crippen LogP contribution in [0.15, 0.2) is 53.6 Å². The van der Waals surface area contributed by atoms with Gasteiger partial charge in [-0.1, -0.05) is 39.0 Å². The molecule has 4 nitrogen and oxygen atoms in total. The summed E-state index contributed by atoms with van der Waals surface area (Å²) >= 11 is 0. The number of benzene rings is 1. The molecule has 0 unspecified atom stereocenters. The van der Waals surface area contributed by atoms with Gasteiger partial charge in [-0.3, -0.25) is 4.98 Å². The van der Waals surface area contributed by atoms with Crippen molar-refractivity contribution < 1.29 is 8.42 Å². The monoisotopic (exact) mass is 332 g/mol. The highest BCUT2D eigenvalue weighted by molar-refractivity contribution is 7.89. The highest BCUT2D eigenvalue weighted by Crippen LogP contribution is 2.27. The molecule has 0 aliphatic carbocycles. The van der Waals surface area contributed by atoms with Gasteiger partial charge in [0.05, 0.1) is 4.90 Å². The third-order valence-electron chi connectivity index (χ3n) is 4.23. The Morgan fingerprint density at radius 1 is 1.09 bits per heavy atom. The van der Waals surface area contributed by atoms with Crippen LogP contribution in [-0.2, 0) is 21.9 Å². The summed E-state index contributed by atoms with van der Waals surface area (Å²) in [5.74, 6) is 0. The normalized spacial score (nSPS) is 12.3. The molecule has 0 aliphatic rings. The van der Waals surface area contributed by atoms with Gasteiger partial charge in [-0.15, -0.1) is 0 Å². The minimum Gasteiger partial charge on any atom is -0.261 e. The number of hydrogen-bond donors (Lipinski definition) is 1. The molecule has 0 spiro atoms. The van der Waals surface area contributed by atoms with Crippen LogP contribution in [-0.4, -0.2) is 19.9 Å². The Bertz CT molecular complexity index is 723. The molecular weight excluding hydrogens is 308 g/mol. The van der Waals surface area contributed by atoms with Crippen LogP contribution in [0.1, 0.15) is 38.4 Å². The lowest BCUT2D eigenvalue weighted by molar-refractivity contribution is 0.505. The predicted octanol–water partition coefficient (Wildman–Crippen LogP) is 3.29. The van der Waals surface area contributed by atoms with Gasteiger partial charge >= 0.3 is 0 Å². The van der Waals surface area contributed by atoms with Crippen LogP contribution in [0, 0.1) is 0 Å². The quantitative estimate of drug-likeness (QED) is 0.846. The summed E-state index contributed by atoms with van der Waals surface area (Å²) in [5, 5.41) is 0. The molecule has 0 atom stereocenters. The van der Waals surface area contributed by atoms with E-state index in [0.717, 1.165) is 17.7 Å². The first-order valence-electron chi connectivity index (χ1n) is 7.85. The third-order valence-corrected chi connectivity index (χ3v) is 5.71. The van der Waals surface area contributed by atoms with E-state index in [1.165, 1.54) is 0 Å². The molecule has 0 fully saturated rings. The Morgan fingerprint density at radius 2 is 1.78 bits per heavy atom. The van der Waals surface area contributed by atoms with E-state index in [0.29, 0.717) is 17.9 Å². The zero-order valence-corrected chi connectivity index (χ0v) is 14.7. The van der Waals surface area contributed by atoms with Crippen molar-refractivity contribution in [2.45, 2.75) is 43.9 Å². The lowest BCUT2D eigenvalue weighted by Gasteiger charge is -2.23. The van der Waals surface area contributed by atoms with E-state index in [1.54, 1.807) is 18.3 Å². The largest absolute Gasteiger partial charge is 0.261 e. The van der Waals surface area contributed by atoms with Crippen LogP contribution in [0.25, 0.3) is 0 Å². The molecule has 0 aliphatic heterocycles. The Labute approximate surface area is 139 Å². The number of pyridine rings is 1. The van der Waals surface area contributed by atoms with Crippen LogP contribution < -0.4 is 4.72 Å². The van der Waals surface area contributed by atoms with Gasteiger partial charge in [0.2, 0.25) is 10.0 Å². The van der Waals surface area contributed by atoms with Crippen molar-refractivity contribution in [3.8, 4) is 0 Å². The van der Waals surface area contributed by atoms with Crippen molar-refractivity contribution >= 4 is 10.0 Å². The Hall–Kier alpha value is -1.72. The zero-order valence-electron chi connectivity index (χ0n) is 13.9. The molecular formula is C18H24N2O2S. The van der Waals surface area contributed by atoms with Crippen LogP contribution in [0.5, 0.6) is 0 Å². The van der Waals surface area contributed by atoms with E-state index in [4.69, 9.17) is 0 Å². The van der Waals surface area contributed by atoms with Crippen molar-refractivity contribution in [3.63, 3.8) is 0 Å². The van der Waals surface area contributed by atoms with Crippen LogP contribution in [0.3, 0.4) is 0 Å². The fourth-order valence-electron chi connectivity index (χ4n) is 2.23. The Kier molecular flexibility index (Phi) is 5.55. The first-order valence-corrected chi connectivity index (χ1v) is 9.33. The maximum Gasteiger partial charge on any atom is 0.240 e.